The van der Waals surface area contributed by atoms with Crippen LogP contribution in [0.25, 0.3) is 0 Å². The number of amides is 1. The molecule has 0 saturated carbocycles. The summed E-state index contributed by atoms with van der Waals surface area (Å²) >= 11 is 0. The van der Waals surface area contributed by atoms with Crippen molar-refractivity contribution in [3.05, 3.63) is 35.4 Å². The fourth-order valence-corrected chi connectivity index (χ4v) is 4.55. The van der Waals surface area contributed by atoms with Crippen molar-refractivity contribution in [3.63, 3.8) is 0 Å². The van der Waals surface area contributed by atoms with E-state index in [2.05, 4.69) is 64.0 Å². The zero-order valence-corrected chi connectivity index (χ0v) is 22.8. The van der Waals surface area contributed by atoms with Crippen LogP contribution in [-0.2, 0) is 9.53 Å². The van der Waals surface area contributed by atoms with Gasteiger partial charge in [-0.25, -0.2) is 0 Å². The highest BCUT2D eigenvalue weighted by molar-refractivity contribution is 14.0. The molecule has 2 aliphatic rings. The predicted molar refractivity (Wildman–Crippen MR) is 145 cm³/mol. The lowest BCUT2D eigenvalue weighted by Gasteiger charge is -2.34. The highest BCUT2D eigenvalue weighted by Gasteiger charge is 2.28. The minimum absolute atomic E-state index is 0. The summed E-state index contributed by atoms with van der Waals surface area (Å²) in [6.07, 6.45) is 5.40. The van der Waals surface area contributed by atoms with Gasteiger partial charge in [-0.2, -0.15) is 0 Å². The van der Waals surface area contributed by atoms with Gasteiger partial charge in [0.1, 0.15) is 0 Å². The van der Waals surface area contributed by atoms with E-state index in [1.807, 2.05) is 7.05 Å². The first-order chi connectivity index (χ1) is 15.6. The number of carbonyl (C=O) groups is 1. The molecule has 0 aliphatic carbocycles. The van der Waals surface area contributed by atoms with E-state index in [4.69, 9.17) is 4.74 Å². The molecule has 8 heteroatoms. The summed E-state index contributed by atoms with van der Waals surface area (Å²) in [6.45, 7) is 8.98. The van der Waals surface area contributed by atoms with Crippen molar-refractivity contribution in [3.8, 4) is 0 Å². The van der Waals surface area contributed by atoms with Crippen LogP contribution in [-0.4, -0.2) is 69.2 Å². The van der Waals surface area contributed by atoms with Crippen LogP contribution < -0.4 is 16.0 Å². The van der Waals surface area contributed by atoms with E-state index in [1.54, 1.807) is 0 Å². The Morgan fingerprint density at radius 1 is 1.15 bits per heavy atom. The van der Waals surface area contributed by atoms with Gasteiger partial charge in [0, 0.05) is 51.8 Å². The molecule has 3 rings (SSSR count). The summed E-state index contributed by atoms with van der Waals surface area (Å²) in [6, 6.07) is 9.10. The summed E-state index contributed by atoms with van der Waals surface area (Å²) in [7, 11) is 1.83. The Hall–Kier alpha value is -1.39. The highest BCUT2D eigenvalue weighted by atomic mass is 127. The van der Waals surface area contributed by atoms with Gasteiger partial charge in [0.2, 0.25) is 5.91 Å². The normalized spacial score (nSPS) is 22.3. The maximum Gasteiger partial charge on any atom is 0.234 e. The van der Waals surface area contributed by atoms with Crippen LogP contribution in [0, 0.1) is 12.8 Å². The van der Waals surface area contributed by atoms with Crippen LogP contribution in [0.4, 0.5) is 0 Å². The average Bonchev–Trinajstić information content (AvgIpc) is 2.82. The van der Waals surface area contributed by atoms with Crippen molar-refractivity contribution >= 4 is 35.8 Å². The van der Waals surface area contributed by atoms with Gasteiger partial charge in [-0.1, -0.05) is 36.8 Å². The first-order valence-electron chi connectivity index (χ1n) is 12.2. The molecular weight excluding hydrogens is 529 g/mol. The second kappa shape index (κ2) is 14.8. The van der Waals surface area contributed by atoms with Crippen LogP contribution in [0.2, 0.25) is 0 Å². The molecule has 2 aliphatic heterocycles. The third-order valence-corrected chi connectivity index (χ3v) is 6.47. The van der Waals surface area contributed by atoms with Crippen LogP contribution >= 0.6 is 24.0 Å². The molecule has 2 atom stereocenters. The zero-order chi connectivity index (χ0) is 22.8. The van der Waals surface area contributed by atoms with Gasteiger partial charge in [0.15, 0.2) is 5.96 Å². The van der Waals surface area contributed by atoms with E-state index < -0.39 is 0 Å². The number of carbonyl (C=O) groups excluding carboxylic acids is 1. The molecule has 2 saturated heterocycles. The Balaban J connectivity index is 0.00000385. The molecule has 0 bridgehead atoms. The SMILES string of the molecule is CCCNC(=O)CN1CCC(NC(=NC)NCC2CCCOC2c2ccc(C)cc2)CC1.I. The molecule has 1 aromatic rings. The van der Waals surface area contributed by atoms with Crippen molar-refractivity contribution in [1.29, 1.82) is 0 Å². The molecule has 1 aromatic carbocycles. The lowest BCUT2D eigenvalue weighted by Crippen LogP contribution is -2.51. The lowest BCUT2D eigenvalue weighted by molar-refractivity contribution is -0.122. The van der Waals surface area contributed by atoms with E-state index in [0.29, 0.717) is 18.5 Å². The molecule has 0 aromatic heterocycles. The summed E-state index contributed by atoms with van der Waals surface area (Å²) < 4.78 is 6.16. The smallest absolute Gasteiger partial charge is 0.234 e. The Bertz CT molecular complexity index is 735. The summed E-state index contributed by atoms with van der Waals surface area (Å²) in [5, 5.41) is 10.1. The van der Waals surface area contributed by atoms with Gasteiger partial charge in [-0.05, 0) is 44.6 Å². The fourth-order valence-electron chi connectivity index (χ4n) is 4.55. The number of aryl methyl sites for hydroxylation is 1. The standard InChI is InChI=1S/C25H41N5O2.HI/c1-4-13-27-23(31)18-30-14-11-22(12-15-30)29-25(26-3)28-17-21-6-5-16-32-24(21)20-9-7-19(2)8-10-20;/h7-10,21-22,24H,4-6,11-18H2,1-3H3,(H,27,31)(H2,26,28,29);1H. The second-order valence-electron chi connectivity index (χ2n) is 9.10. The van der Waals surface area contributed by atoms with Crippen LogP contribution in [0.15, 0.2) is 29.3 Å². The number of aliphatic imine (C=N–C) groups is 1. The molecule has 2 fully saturated rings. The number of benzene rings is 1. The monoisotopic (exact) mass is 571 g/mol. The van der Waals surface area contributed by atoms with E-state index in [0.717, 1.165) is 70.8 Å². The van der Waals surface area contributed by atoms with Gasteiger partial charge in [-0.3, -0.25) is 14.7 Å². The van der Waals surface area contributed by atoms with Crippen molar-refractivity contribution < 1.29 is 9.53 Å². The Morgan fingerprint density at radius 2 is 1.88 bits per heavy atom. The van der Waals surface area contributed by atoms with Crippen LogP contribution in [0.3, 0.4) is 0 Å². The quantitative estimate of drug-likeness (QED) is 0.254. The first-order valence-corrected chi connectivity index (χ1v) is 12.2. The number of guanidine groups is 1. The Morgan fingerprint density at radius 3 is 2.55 bits per heavy atom. The number of nitrogens with one attached hydrogen (secondary N) is 3. The number of rotatable bonds is 8. The molecule has 33 heavy (non-hydrogen) atoms. The van der Waals surface area contributed by atoms with Crippen molar-refractivity contribution in [1.82, 2.24) is 20.9 Å². The van der Waals surface area contributed by atoms with Crippen LogP contribution in [0.5, 0.6) is 0 Å². The number of likely N-dealkylation sites (tertiary alicyclic amines) is 1. The molecule has 186 valence electrons. The Labute approximate surface area is 216 Å². The molecule has 2 unspecified atom stereocenters. The maximum absolute atomic E-state index is 11.9. The van der Waals surface area contributed by atoms with Gasteiger partial charge >= 0.3 is 0 Å². The summed E-state index contributed by atoms with van der Waals surface area (Å²) in [4.78, 5) is 18.6. The molecular formula is C25H42IN5O2. The molecule has 0 spiro atoms. The van der Waals surface area contributed by atoms with Gasteiger partial charge in [0.05, 0.1) is 12.6 Å². The summed E-state index contributed by atoms with van der Waals surface area (Å²) in [5.41, 5.74) is 2.54. The topological polar surface area (TPSA) is 78.0 Å². The van der Waals surface area contributed by atoms with Crippen molar-refractivity contribution in [2.75, 3.05) is 46.4 Å². The molecule has 0 radical (unpaired) electrons. The molecule has 7 nitrogen and oxygen atoms in total. The predicted octanol–water partition coefficient (Wildman–Crippen LogP) is 3.24. The molecule has 1 amide bonds. The maximum atomic E-state index is 11.9. The average molecular weight is 572 g/mol. The summed E-state index contributed by atoms with van der Waals surface area (Å²) in [5.74, 6) is 1.42. The van der Waals surface area contributed by atoms with Gasteiger partial charge in [0.25, 0.3) is 0 Å². The van der Waals surface area contributed by atoms with Crippen molar-refractivity contribution in [2.45, 2.75) is 58.1 Å². The Kier molecular flexibility index (Phi) is 12.5. The third-order valence-electron chi connectivity index (χ3n) is 6.47. The number of hydrogen-bond acceptors (Lipinski definition) is 4. The zero-order valence-electron chi connectivity index (χ0n) is 20.4. The second-order valence-corrected chi connectivity index (χ2v) is 9.10. The fraction of sp³-hybridized carbons (Fsp3) is 0.680. The minimum atomic E-state index is 0. The minimum Gasteiger partial charge on any atom is -0.373 e. The number of nitrogens with zero attached hydrogens (tertiary/aromatic N) is 2. The highest BCUT2D eigenvalue weighted by Crippen LogP contribution is 2.33. The van der Waals surface area contributed by atoms with E-state index in [1.165, 1.54) is 11.1 Å². The number of piperidine rings is 1. The number of hydrogen-bond donors (Lipinski definition) is 3. The van der Waals surface area contributed by atoms with E-state index >= 15 is 0 Å². The van der Waals surface area contributed by atoms with Gasteiger partial charge in [-0.15, -0.1) is 24.0 Å². The van der Waals surface area contributed by atoms with Crippen molar-refractivity contribution in [2.24, 2.45) is 10.9 Å². The van der Waals surface area contributed by atoms with Gasteiger partial charge < -0.3 is 20.7 Å². The van der Waals surface area contributed by atoms with E-state index in [9.17, 15) is 4.79 Å². The molecule has 2 heterocycles. The third kappa shape index (κ3) is 9.05. The number of ether oxygens (including phenoxy) is 1. The number of halogens is 1. The van der Waals surface area contributed by atoms with E-state index in [-0.39, 0.29) is 36.0 Å². The lowest BCUT2D eigenvalue weighted by atomic mass is 9.89. The largest absolute Gasteiger partial charge is 0.373 e. The first kappa shape index (κ1) is 27.9. The molecule has 3 N–H and O–H groups in total. The van der Waals surface area contributed by atoms with Crippen LogP contribution in [0.1, 0.15) is 56.3 Å².